The van der Waals surface area contributed by atoms with E-state index in [1.807, 2.05) is 0 Å². The molecule has 0 atom stereocenters. The van der Waals surface area contributed by atoms with Crippen molar-refractivity contribution in [2.75, 3.05) is 5.32 Å². The van der Waals surface area contributed by atoms with Crippen molar-refractivity contribution < 1.29 is 18.0 Å². The molecule has 0 spiro atoms. The Labute approximate surface area is 144 Å². The maximum atomic E-state index is 12.9. The van der Waals surface area contributed by atoms with Crippen LogP contribution in [0.2, 0.25) is 10.0 Å². The second-order valence-corrected chi connectivity index (χ2v) is 5.85. The van der Waals surface area contributed by atoms with Crippen molar-refractivity contribution in [2.24, 2.45) is 0 Å². The molecule has 0 radical (unpaired) electrons. The molecule has 2 aromatic carbocycles. The summed E-state index contributed by atoms with van der Waals surface area (Å²) in [5.74, 6) is -0.585. The minimum atomic E-state index is -4.60. The number of carbonyl (C=O) groups excluding carboxylic acids is 1. The average molecular weight is 373 g/mol. The Bertz CT molecular complexity index is 935. The van der Waals surface area contributed by atoms with E-state index in [9.17, 15) is 18.0 Å². The van der Waals surface area contributed by atoms with Gasteiger partial charge in [0.05, 0.1) is 21.1 Å². The second kappa shape index (κ2) is 6.03. The first-order valence-corrected chi connectivity index (χ1v) is 7.46. The zero-order valence-electron chi connectivity index (χ0n) is 11.8. The number of carbonyl (C=O) groups is 1. The van der Waals surface area contributed by atoms with Gasteiger partial charge >= 0.3 is 6.18 Å². The number of fused-ring (bicyclic) bond motifs is 1. The number of amides is 1. The highest BCUT2D eigenvalue weighted by Crippen LogP contribution is 2.36. The highest BCUT2D eigenvalue weighted by molar-refractivity contribution is 6.35. The number of H-pyrrole nitrogens is 1. The highest BCUT2D eigenvalue weighted by Gasteiger charge is 2.33. The lowest BCUT2D eigenvalue weighted by Crippen LogP contribution is -2.13. The Morgan fingerprint density at radius 3 is 2.46 bits per heavy atom. The summed E-state index contributed by atoms with van der Waals surface area (Å²) in [6.45, 7) is 0. The third kappa shape index (κ3) is 3.20. The van der Waals surface area contributed by atoms with Gasteiger partial charge in [-0.05, 0) is 30.3 Å². The van der Waals surface area contributed by atoms with Crippen LogP contribution in [0, 0.1) is 0 Å². The normalized spacial score (nSPS) is 11.7. The SMILES string of the molecule is O=C(Nc1ccc(Cl)c(C(F)(F)F)c1)c1cc2cccc(Cl)c2[nH]1. The summed E-state index contributed by atoms with van der Waals surface area (Å²) in [7, 11) is 0. The monoisotopic (exact) mass is 372 g/mol. The van der Waals surface area contributed by atoms with Crippen LogP contribution in [0.1, 0.15) is 16.1 Å². The number of aromatic amines is 1. The number of benzene rings is 2. The minimum absolute atomic E-state index is 0.0125. The predicted octanol–water partition coefficient (Wildman–Crippen LogP) is 5.75. The molecule has 1 amide bonds. The Morgan fingerprint density at radius 2 is 1.79 bits per heavy atom. The van der Waals surface area contributed by atoms with Gasteiger partial charge in [-0.3, -0.25) is 4.79 Å². The number of aromatic nitrogens is 1. The van der Waals surface area contributed by atoms with E-state index in [0.717, 1.165) is 17.5 Å². The quantitative estimate of drug-likeness (QED) is 0.591. The van der Waals surface area contributed by atoms with Crippen LogP contribution in [0.4, 0.5) is 18.9 Å². The summed E-state index contributed by atoms with van der Waals surface area (Å²) in [5, 5.41) is 3.14. The number of hydrogen-bond acceptors (Lipinski definition) is 1. The van der Waals surface area contributed by atoms with E-state index >= 15 is 0 Å². The summed E-state index contributed by atoms with van der Waals surface area (Å²) in [6.07, 6.45) is -4.60. The molecule has 3 aromatic rings. The molecule has 24 heavy (non-hydrogen) atoms. The fraction of sp³-hybridized carbons (Fsp3) is 0.0625. The van der Waals surface area contributed by atoms with Crippen LogP contribution in [0.3, 0.4) is 0 Å². The standard InChI is InChI=1S/C16H9Cl2F3N2O/c17-11-5-4-9(7-10(11)16(19,20)21)22-15(24)13-6-8-2-1-3-12(18)14(8)23-13/h1-7,23H,(H,22,24). The molecule has 0 bridgehead atoms. The lowest BCUT2D eigenvalue weighted by molar-refractivity contribution is -0.137. The minimum Gasteiger partial charge on any atom is -0.349 e. The van der Waals surface area contributed by atoms with Crippen molar-refractivity contribution in [1.29, 1.82) is 0 Å². The lowest BCUT2D eigenvalue weighted by atomic mass is 10.2. The van der Waals surface area contributed by atoms with Gasteiger partial charge < -0.3 is 10.3 Å². The third-order valence-corrected chi connectivity index (χ3v) is 4.02. The fourth-order valence-corrected chi connectivity index (χ4v) is 2.71. The maximum absolute atomic E-state index is 12.9. The molecule has 0 saturated carbocycles. The van der Waals surface area contributed by atoms with Crippen molar-refractivity contribution in [3.05, 3.63) is 63.8 Å². The Morgan fingerprint density at radius 1 is 1.04 bits per heavy atom. The number of hydrogen-bond donors (Lipinski definition) is 2. The van der Waals surface area contributed by atoms with Gasteiger partial charge in [-0.25, -0.2) is 0 Å². The number of para-hydroxylation sites is 1. The zero-order valence-corrected chi connectivity index (χ0v) is 13.4. The topological polar surface area (TPSA) is 44.9 Å². The van der Waals surface area contributed by atoms with Gasteiger partial charge in [0, 0.05) is 11.1 Å². The maximum Gasteiger partial charge on any atom is 0.417 e. The fourth-order valence-electron chi connectivity index (χ4n) is 2.26. The smallest absolute Gasteiger partial charge is 0.349 e. The van der Waals surface area contributed by atoms with E-state index in [1.54, 1.807) is 24.3 Å². The first-order valence-electron chi connectivity index (χ1n) is 6.71. The van der Waals surface area contributed by atoms with Crippen molar-refractivity contribution in [3.8, 4) is 0 Å². The van der Waals surface area contributed by atoms with E-state index in [0.29, 0.717) is 10.5 Å². The molecule has 124 valence electrons. The molecule has 0 unspecified atom stereocenters. The molecule has 3 rings (SSSR count). The molecule has 0 aliphatic carbocycles. The summed E-state index contributed by atoms with van der Waals surface area (Å²) in [6, 6.07) is 9.89. The largest absolute Gasteiger partial charge is 0.417 e. The summed E-state index contributed by atoms with van der Waals surface area (Å²) in [4.78, 5) is 15.1. The van der Waals surface area contributed by atoms with Crippen LogP contribution in [0.5, 0.6) is 0 Å². The molecule has 3 nitrogen and oxygen atoms in total. The highest BCUT2D eigenvalue weighted by atomic mass is 35.5. The number of rotatable bonds is 2. The molecule has 0 saturated heterocycles. The van der Waals surface area contributed by atoms with E-state index in [2.05, 4.69) is 10.3 Å². The molecule has 0 aliphatic rings. The van der Waals surface area contributed by atoms with Crippen LogP contribution in [-0.4, -0.2) is 10.9 Å². The van der Waals surface area contributed by atoms with Crippen molar-refractivity contribution in [2.45, 2.75) is 6.18 Å². The van der Waals surface area contributed by atoms with Gasteiger partial charge in [-0.2, -0.15) is 13.2 Å². The lowest BCUT2D eigenvalue weighted by Gasteiger charge is -2.11. The molecular weight excluding hydrogens is 364 g/mol. The van der Waals surface area contributed by atoms with E-state index in [-0.39, 0.29) is 11.4 Å². The molecule has 0 fully saturated rings. The van der Waals surface area contributed by atoms with Crippen LogP contribution < -0.4 is 5.32 Å². The third-order valence-electron chi connectivity index (χ3n) is 3.38. The van der Waals surface area contributed by atoms with Gasteiger partial charge in [0.25, 0.3) is 5.91 Å². The van der Waals surface area contributed by atoms with Crippen LogP contribution in [0.15, 0.2) is 42.5 Å². The van der Waals surface area contributed by atoms with Gasteiger partial charge in [0.2, 0.25) is 0 Å². The zero-order chi connectivity index (χ0) is 17.5. The van der Waals surface area contributed by atoms with Crippen molar-refractivity contribution >= 4 is 45.7 Å². The molecule has 2 N–H and O–H groups in total. The summed E-state index contributed by atoms with van der Waals surface area (Å²) in [5.41, 5.74) is -0.263. The van der Waals surface area contributed by atoms with Crippen LogP contribution in [-0.2, 0) is 6.18 Å². The Balaban J connectivity index is 1.90. The Hall–Kier alpha value is -2.18. The molecular formula is C16H9Cl2F3N2O. The molecule has 0 aliphatic heterocycles. The van der Waals surface area contributed by atoms with Crippen LogP contribution in [0.25, 0.3) is 10.9 Å². The van der Waals surface area contributed by atoms with E-state index in [4.69, 9.17) is 23.2 Å². The molecule has 1 heterocycles. The van der Waals surface area contributed by atoms with Crippen LogP contribution >= 0.6 is 23.2 Å². The summed E-state index contributed by atoms with van der Waals surface area (Å²) >= 11 is 11.6. The number of halogens is 5. The van der Waals surface area contributed by atoms with Gasteiger partial charge in [0.15, 0.2) is 0 Å². The van der Waals surface area contributed by atoms with Gasteiger partial charge in [-0.15, -0.1) is 0 Å². The predicted molar refractivity (Wildman–Crippen MR) is 87.7 cm³/mol. The average Bonchev–Trinajstić information content (AvgIpc) is 2.94. The van der Waals surface area contributed by atoms with E-state index in [1.165, 1.54) is 6.07 Å². The number of alkyl halides is 3. The van der Waals surface area contributed by atoms with Gasteiger partial charge in [0.1, 0.15) is 5.69 Å². The molecule has 8 heteroatoms. The molecule has 1 aromatic heterocycles. The number of anilines is 1. The van der Waals surface area contributed by atoms with E-state index < -0.39 is 22.7 Å². The summed E-state index contributed by atoms with van der Waals surface area (Å²) < 4.78 is 38.6. The second-order valence-electron chi connectivity index (χ2n) is 5.03. The van der Waals surface area contributed by atoms with Crippen molar-refractivity contribution in [1.82, 2.24) is 4.98 Å². The number of nitrogens with one attached hydrogen (secondary N) is 2. The Kier molecular flexibility index (Phi) is 4.19. The van der Waals surface area contributed by atoms with Gasteiger partial charge in [-0.1, -0.05) is 35.3 Å². The van der Waals surface area contributed by atoms with Crippen molar-refractivity contribution in [3.63, 3.8) is 0 Å². The first kappa shape index (κ1) is 16.7. The first-order chi connectivity index (χ1) is 11.3.